The molecule has 1 saturated heterocycles. The van der Waals surface area contributed by atoms with E-state index in [-0.39, 0.29) is 11.8 Å². The highest BCUT2D eigenvalue weighted by Crippen LogP contribution is 2.20. The molecule has 0 N–H and O–H groups in total. The van der Waals surface area contributed by atoms with E-state index in [1.54, 1.807) is 0 Å². The van der Waals surface area contributed by atoms with Crippen molar-refractivity contribution in [3.63, 3.8) is 0 Å². The third-order valence-electron chi connectivity index (χ3n) is 3.37. The number of ketones is 1. The van der Waals surface area contributed by atoms with E-state index < -0.39 is 0 Å². The second-order valence-electron chi connectivity index (χ2n) is 4.57. The third-order valence-corrected chi connectivity index (χ3v) is 3.37. The second-order valence-corrected chi connectivity index (χ2v) is 4.57. The molecule has 0 radical (unpaired) electrons. The second kappa shape index (κ2) is 5.78. The van der Waals surface area contributed by atoms with Gasteiger partial charge in [0.2, 0.25) is 0 Å². The van der Waals surface area contributed by atoms with Crippen LogP contribution in [0.25, 0.3) is 0 Å². The fourth-order valence-corrected chi connectivity index (χ4v) is 2.46. The number of nitrogens with zero attached hydrogens (tertiary/aromatic N) is 1. The van der Waals surface area contributed by atoms with Gasteiger partial charge in [-0.1, -0.05) is 43.3 Å². The van der Waals surface area contributed by atoms with Crippen molar-refractivity contribution in [2.75, 3.05) is 6.54 Å². The van der Waals surface area contributed by atoms with E-state index in [1.807, 2.05) is 18.2 Å². The van der Waals surface area contributed by atoms with Gasteiger partial charge in [-0.3, -0.25) is 9.69 Å². The summed E-state index contributed by atoms with van der Waals surface area (Å²) in [4.78, 5) is 14.1. The number of rotatable bonds is 4. The lowest BCUT2D eigenvalue weighted by Gasteiger charge is -2.34. The molecule has 0 bridgehead atoms. The van der Waals surface area contributed by atoms with Gasteiger partial charge in [0.25, 0.3) is 0 Å². The molecule has 0 aliphatic carbocycles. The van der Waals surface area contributed by atoms with Crippen molar-refractivity contribution < 1.29 is 4.79 Å². The topological polar surface area (TPSA) is 20.3 Å². The predicted octanol–water partition coefficient (Wildman–Crippen LogP) is 2.80. The van der Waals surface area contributed by atoms with E-state index in [4.69, 9.17) is 0 Å². The van der Waals surface area contributed by atoms with Crippen LogP contribution >= 0.6 is 0 Å². The molecule has 17 heavy (non-hydrogen) atoms. The van der Waals surface area contributed by atoms with Gasteiger partial charge in [0, 0.05) is 6.54 Å². The molecule has 1 aliphatic rings. The van der Waals surface area contributed by atoms with E-state index in [2.05, 4.69) is 23.6 Å². The van der Waals surface area contributed by atoms with Crippen LogP contribution in [0.5, 0.6) is 0 Å². The van der Waals surface area contributed by atoms with E-state index in [0.29, 0.717) is 0 Å². The average Bonchev–Trinajstić information content (AvgIpc) is 2.40. The first-order valence-electron chi connectivity index (χ1n) is 6.25. The SMILES string of the molecule is C=CC(=O)C1CCCCN1Cc1ccccc1. The maximum atomic E-state index is 11.8. The maximum absolute atomic E-state index is 11.8. The van der Waals surface area contributed by atoms with Crippen LogP contribution in [-0.2, 0) is 11.3 Å². The first-order chi connectivity index (χ1) is 8.31. The molecule has 2 rings (SSSR count). The van der Waals surface area contributed by atoms with Crippen LogP contribution in [0.1, 0.15) is 24.8 Å². The molecule has 0 saturated carbocycles. The molecule has 1 aromatic carbocycles. The van der Waals surface area contributed by atoms with Crippen LogP contribution in [0.3, 0.4) is 0 Å². The molecule has 2 heteroatoms. The summed E-state index contributed by atoms with van der Waals surface area (Å²) in [5.41, 5.74) is 1.27. The molecule has 1 heterocycles. The van der Waals surface area contributed by atoms with Crippen LogP contribution in [-0.4, -0.2) is 23.3 Å². The van der Waals surface area contributed by atoms with Crippen molar-refractivity contribution in [3.05, 3.63) is 48.6 Å². The Morgan fingerprint density at radius 3 is 2.82 bits per heavy atom. The Bertz CT molecular complexity index is 385. The summed E-state index contributed by atoms with van der Waals surface area (Å²) < 4.78 is 0. The van der Waals surface area contributed by atoms with Crippen LogP contribution in [0.2, 0.25) is 0 Å². The molecular weight excluding hydrogens is 210 g/mol. The highest BCUT2D eigenvalue weighted by Gasteiger charge is 2.26. The Morgan fingerprint density at radius 1 is 1.35 bits per heavy atom. The monoisotopic (exact) mass is 229 g/mol. The third kappa shape index (κ3) is 3.04. The van der Waals surface area contributed by atoms with Crippen molar-refractivity contribution in [3.8, 4) is 0 Å². The van der Waals surface area contributed by atoms with Crippen LogP contribution in [0.15, 0.2) is 43.0 Å². The standard InChI is InChI=1S/C15H19NO/c1-2-15(17)14-10-6-7-11-16(14)12-13-8-4-3-5-9-13/h2-5,8-9,14H,1,6-7,10-12H2. The molecule has 1 aromatic rings. The van der Waals surface area contributed by atoms with Gasteiger partial charge in [-0.05, 0) is 31.0 Å². The van der Waals surface area contributed by atoms with E-state index in [1.165, 1.54) is 18.1 Å². The van der Waals surface area contributed by atoms with Gasteiger partial charge in [0.1, 0.15) is 0 Å². The van der Waals surface area contributed by atoms with Gasteiger partial charge in [-0.2, -0.15) is 0 Å². The molecule has 0 amide bonds. The number of hydrogen-bond donors (Lipinski definition) is 0. The summed E-state index contributed by atoms with van der Waals surface area (Å²) in [6.45, 7) is 5.48. The lowest BCUT2D eigenvalue weighted by atomic mass is 9.97. The number of benzene rings is 1. The lowest BCUT2D eigenvalue weighted by molar-refractivity contribution is -0.120. The quantitative estimate of drug-likeness (QED) is 0.740. The van der Waals surface area contributed by atoms with E-state index in [0.717, 1.165) is 25.9 Å². The number of likely N-dealkylation sites (tertiary alicyclic amines) is 1. The number of carbonyl (C=O) groups excluding carboxylic acids is 1. The minimum atomic E-state index is 0.0430. The zero-order valence-electron chi connectivity index (χ0n) is 10.1. The van der Waals surface area contributed by atoms with Crippen molar-refractivity contribution >= 4 is 5.78 Å². The molecular formula is C15H19NO. The van der Waals surface area contributed by atoms with Crippen molar-refractivity contribution in [1.82, 2.24) is 4.90 Å². The van der Waals surface area contributed by atoms with Crippen molar-refractivity contribution in [2.24, 2.45) is 0 Å². The number of hydrogen-bond acceptors (Lipinski definition) is 2. The summed E-state index contributed by atoms with van der Waals surface area (Å²) >= 11 is 0. The number of piperidine rings is 1. The smallest absolute Gasteiger partial charge is 0.172 e. The fourth-order valence-electron chi connectivity index (χ4n) is 2.46. The minimum Gasteiger partial charge on any atom is -0.293 e. The first kappa shape index (κ1) is 12.1. The summed E-state index contributed by atoms with van der Waals surface area (Å²) in [6.07, 6.45) is 4.77. The zero-order chi connectivity index (χ0) is 12.1. The Labute approximate surface area is 103 Å². The Morgan fingerprint density at radius 2 is 2.12 bits per heavy atom. The maximum Gasteiger partial charge on any atom is 0.172 e. The Hall–Kier alpha value is -1.41. The highest BCUT2D eigenvalue weighted by atomic mass is 16.1. The Balaban J connectivity index is 2.06. The fraction of sp³-hybridized carbons (Fsp3) is 0.400. The summed E-state index contributed by atoms with van der Waals surface area (Å²) in [7, 11) is 0. The molecule has 0 spiro atoms. The Kier molecular flexibility index (Phi) is 4.10. The van der Waals surface area contributed by atoms with E-state index >= 15 is 0 Å². The normalized spacial score (nSPS) is 21.1. The molecule has 2 nitrogen and oxygen atoms in total. The predicted molar refractivity (Wildman–Crippen MR) is 69.7 cm³/mol. The molecule has 1 unspecified atom stereocenters. The van der Waals surface area contributed by atoms with Gasteiger partial charge in [-0.25, -0.2) is 0 Å². The molecule has 1 atom stereocenters. The molecule has 90 valence electrons. The van der Waals surface area contributed by atoms with Crippen LogP contribution in [0, 0.1) is 0 Å². The van der Waals surface area contributed by atoms with Gasteiger partial charge in [0.15, 0.2) is 5.78 Å². The minimum absolute atomic E-state index is 0.0430. The largest absolute Gasteiger partial charge is 0.293 e. The molecule has 1 fully saturated rings. The lowest BCUT2D eigenvalue weighted by Crippen LogP contribution is -2.43. The molecule has 1 aliphatic heterocycles. The van der Waals surface area contributed by atoms with Crippen molar-refractivity contribution in [1.29, 1.82) is 0 Å². The summed E-state index contributed by atoms with van der Waals surface area (Å²) in [5.74, 6) is 0.167. The van der Waals surface area contributed by atoms with Gasteiger partial charge >= 0.3 is 0 Å². The average molecular weight is 229 g/mol. The summed E-state index contributed by atoms with van der Waals surface area (Å²) in [6, 6.07) is 10.4. The van der Waals surface area contributed by atoms with Gasteiger partial charge in [-0.15, -0.1) is 0 Å². The number of carbonyl (C=O) groups is 1. The molecule has 0 aromatic heterocycles. The first-order valence-corrected chi connectivity index (χ1v) is 6.25. The van der Waals surface area contributed by atoms with Gasteiger partial charge < -0.3 is 0 Å². The van der Waals surface area contributed by atoms with Gasteiger partial charge in [0.05, 0.1) is 6.04 Å². The summed E-state index contributed by atoms with van der Waals surface area (Å²) in [5, 5.41) is 0. The zero-order valence-corrected chi connectivity index (χ0v) is 10.1. The van der Waals surface area contributed by atoms with E-state index in [9.17, 15) is 4.79 Å². The van der Waals surface area contributed by atoms with Crippen LogP contribution in [0.4, 0.5) is 0 Å². The van der Waals surface area contributed by atoms with Crippen molar-refractivity contribution in [2.45, 2.75) is 31.8 Å². The highest BCUT2D eigenvalue weighted by molar-refractivity contribution is 5.93. The van der Waals surface area contributed by atoms with Crippen LogP contribution < -0.4 is 0 Å².